The van der Waals surface area contributed by atoms with Crippen molar-refractivity contribution >= 4 is 70.1 Å². The van der Waals surface area contributed by atoms with Crippen molar-refractivity contribution in [1.82, 2.24) is 0 Å². The summed E-state index contributed by atoms with van der Waals surface area (Å²) >= 11 is 1.86. The van der Waals surface area contributed by atoms with Crippen molar-refractivity contribution in [3.05, 3.63) is 200 Å². The second kappa shape index (κ2) is 12.7. The van der Waals surface area contributed by atoms with Crippen LogP contribution in [0.1, 0.15) is 0 Å². The highest BCUT2D eigenvalue weighted by Gasteiger charge is 2.19. The van der Waals surface area contributed by atoms with Crippen LogP contribution < -0.4 is 4.90 Å². The van der Waals surface area contributed by atoms with E-state index in [-0.39, 0.29) is 0 Å². The Labute approximate surface area is 307 Å². The van der Waals surface area contributed by atoms with Crippen molar-refractivity contribution in [3.8, 4) is 33.4 Å². The average Bonchev–Trinajstić information content (AvgIpc) is 3.59. The monoisotopic (exact) mass is 679 g/mol. The molecule has 0 spiro atoms. The Morgan fingerprint density at radius 2 is 0.808 bits per heavy atom. The van der Waals surface area contributed by atoms with E-state index in [0.29, 0.717) is 0 Å². The van der Waals surface area contributed by atoms with Crippen molar-refractivity contribution < 1.29 is 0 Å². The van der Waals surface area contributed by atoms with Gasteiger partial charge in [0.15, 0.2) is 0 Å². The van der Waals surface area contributed by atoms with Crippen LogP contribution in [0.15, 0.2) is 200 Å². The summed E-state index contributed by atoms with van der Waals surface area (Å²) in [5.41, 5.74) is 10.6. The van der Waals surface area contributed by atoms with Crippen LogP contribution in [-0.2, 0) is 0 Å². The van der Waals surface area contributed by atoms with E-state index in [1.54, 1.807) is 0 Å². The largest absolute Gasteiger partial charge is 0.310 e. The molecule has 0 radical (unpaired) electrons. The lowest BCUT2D eigenvalue weighted by atomic mass is 9.95. The molecule has 0 unspecified atom stereocenters. The van der Waals surface area contributed by atoms with Crippen LogP contribution in [0.5, 0.6) is 0 Å². The summed E-state index contributed by atoms with van der Waals surface area (Å²) in [7, 11) is 0. The molecule has 52 heavy (non-hydrogen) atoms. The average molecular weight is 680 g/mol. The molecule has 0 aliphatic rings. The number of anilines is 3. The fourth-order valence-corrected chi connectivity index (χ4v) is 8.90. The van der Waals surface area contributed by atoms with Gasteiger partial charge >= 0.3 is 0 Å². The Balaban J connectivity index is 1.10. The molecule has 1 nitrogen and oxygen atoms in total. The van der Waals surface area contributed by atoms with Gasteiger partial charge in [-0.15, -0.1) is 11.3 Å². The Hall–Kier alpha value is -6.48. The zero-order chi connectivity index (χ0) is 34.4. The Morgan fingerprint density at radius 3 is 1.54 bits per heavy atom. The Morgan fingerprint density at radius 1 is 0.308 bits per heavy atom. The van der Waals surface area contributed by atoms with Gasteiger partial charge in [0.05, 0.1) is 5.69 Å². The number of nitrogens with zero attached hydrogens (tertiary/aromatic N) is 1. The fraction of sp³-hybridized carbons (Fsp3) is 0. The van der Waals surface area contributed by atoms with Crippen molar-refractivity contribution in [2.24, 2.45) is 0 Å². The van der Waals surface area contributed by atoms with Crippen LogP contribution in [0.2, 0.25) is 0 Å². The highest BCUT2D eigenvalue weighted by molar-refractivity contribution is 7.25. The summed E-state index contributed by atoms with van der Waals surface area (Å²) in [5.74, 6) is 0. The molecule has 10 rings (SSSR count). The van der Waals surface area contributed by atoms with Crippen LogP contribution >= 0.6 is 11.3 Å². The van der Waals surface area contributed by atoms with Gasteiger partial charge in [0.1, 0.15) is 0 Å². The van der Waals surface area contributed by atoms with E-state index in [1.165, 1.54) is 75.1 Å². The van der Waals surface area contributed by atoms with E-state index in [9.17, 15) is 0 Å². The third kappa shape index (κ3) is 5.24. The van der Waals surface area contributed by atoms with E-state index in [4.69, 9.17) is 0 Å². The second-order valence-electron chi connectivity index (χ2n) is 13.3. The zero-order valence-corrected chi connectivity index (χ0v) is 29.2. The highest BCUT2D eigenvalue weighted by Crippen LogP contribution is 2.44. The topological polar surface area (TPSA) is 3.24 Å². The molecule has 0 atom stereocenters. The molecule has 2 heteroatoms. The smallest absolute Gasteiger partial charge is 0.0540 e. The summed E-state index contributed by atoms with van der Waals surface area (Å²) < 4.78 is 2.65. The van der Waals surface area contributed by atoms with Gasteiger partial charge in [-0.05, 0) is 91.8 Å². The van der Waals surface area contributed by atoms with Crippen LogP contribution in [0, 0.1) is 0 Å². The zero-order valence-electron chi connectivity index (χ0n) is 28.4. The molecule has 9 aromatic carbocycles. The molecule has 0 bridgehead atoms. The van der Waals surface area contributed by atoms with Crippen molar-refractivity contribution in [1.29, 1.82) is 0 Å². The number of thiophene rings is 1. The predicted molar refractivity (Wildman–Crippen MR) is 225 cm³/mol. The van der Waals surface area contributed by atoms with Crippen LogP contribution in [0.4, 0.5) is 17.1 Å². The number of hydrogen-bond donors (Lipinski definition) is 0. The maximum absolute atomic E-state index is 2.41. The lowest BCUT2D eigenvalue weighted by molar-refractivity contribution is 1.28. The number of hydrogen-bond acceptors (Lipinski definition) is 2. The van der Waals surface area contributed by atoms with Gasteiger partial charge in [-0.3, -0.25) is 0 Å². The third-order valence-corrected chi connectivity index (χ3v) is 11.4. The van der Waals surface area contributed by atoms with Gasteiger partial charge in [0.25, 0.3) is 0 Å². The van der Waals surface area contributed by atoms with Gasteiger partial charge in [-0.1, -0.05) is 158 Å². The van der Waals surface area contributed by atoms with Crippen molar-refractivity contribution in [3.63, 3.8) is 0 Å². The standard InChI is InChI=1S/C50H33NS/c1-3-15-41-35(11-1)13-9-19-42(41)37-25-30-40(31-26-37)51(48-21-7-5-17-45(48)44-20-10-14-36-12-2-4-16-43(36)44)39-28-23-34(24-29-39)38-27-32-47-46-18-6-8-22-49(46)52-50(47)33-38/h1-33H. The molecule has 0 aliphatic heterocycles. The molecule has 10 aromatic rings. The maximum atomic E-state index is 2.41. The van der Waals surface area contributed by atoms with Crippen LogP contribution in [0.3, 0.4) is 0 Å². The molecule has 0 saturated heterocycles. The molecule has 1 aromatic heterocycles. The lowest BCUT2D eigenvalue weighted by Gasteiger charge is -2.28. The van der Waals surface area contributed by atoms with Crippen molar-refractivity contribution in [2.45, 2.75) is 0 Å². The summed E-state index contributed by atoms with van der Waals surface area (Å²) in [5, 5.41) is 7.65. The third-order valence-electron chi connectivity index (χ3n) is 10.3. The van der Waals surface area contributed by atoms with Gasteiger partial charge in [0.2, 0.25) is 0 Å². The normalized spacial score (nSPS) is 11.5. The van der Waals surface area contributed by atoms with E-state index in [1.807, 2.05) is 11.3 Å². The molecule has 0 amide bonds. The highest BCUT2D eigenvalue weighted by atomic mass is 32.1. The molecule has 0 saturated carbocycles. The summed E-state index contributed by atoms with van der Waals surface area (Å²) in [4.78, 5) is 2.41. The van der Waals surface area contributed by atoms with E-state index < -0.39 is 0 Å². The number of fused-ring (bicyclic) bond motifs is 5. The molecular formula is C50H33NS. The summed E-state index contributed by atoms with van der Waals surface area (Å²) in [6, 6.07) is 72.9. The first kappa shape index (κ1) is 30.4. The van der Waals surface area contributed by atoms with Gasteiger partial charge in [0, 0.05) is 37.1 Å². The Bertz CT molecular complexity index is 2890. The molecule has 244 valence electrons. The minimum atomic E-state index is 1.11. The van der Waals surface area contributed by atoms with Crippen LogP contribution in [0.25, 0.3) is 75.1 Å². The minimum Gasteiger partial charge on any atom is -0.310 e. The van der Waals surface area contributed by atoms with Crippen LogP contribution in [-0.4, -0.2) is 0 Å². The molecule has 0 fully saturated rings. The minimum absolute atomic E-state index is 1.11. The second-order valence-corrected chi connectivity index (χ2v) is 14.4. The Kier molecular flexibility index (Phi) is 7.41. The fourth-order valence-electron chi connectivity index (χ4n) is 7.76. The van der Waals surface area contributed by atoms with Gasteiger partial charge in [-0.2, -0.15) is 0 Å². The lowest BCUT2D eigenvalue weighted by Crippen LogP contribution is -2.11. The van der Waals surface area contributed by atoms with E-state index >= 15 is 0 Å². The number of rotatable bonds is 6. The first-order valence-electron chi connectivity index (χ1n) is 17.8. The number of para-hydroxylation sites is 1. The molecule has 0 N–H and O–H groups in total. The van der Waals surface area contributed by atoms with E-state index in [2.05, 4.69) is 205 Å². The summed E-state index contributed by atoms with van der Waals surface area (Å²) in [6.07, 6.45) is 0. The van der Waals surface area contributed by atoms with Crippen molar-refractivity contribution in [2.75, 3.05) is 4.90 Å². The first-order valence-corrected chi connectivity index (χ1v) is 18.6. The van der Waals surface area contributed by atoms with E-state index in [0.717, 1.165) is 17.1 Å². The number of benzene rings is 9. The van der Waals surface area contributed by atoms with Gasteiger partial charge < -0.3 is 4.90 Å². The molecule has 0 aliphatic carbocycles. The first-order chi connectivity index (χ1) is 25.8. The van der Waals surface area contributed by atoms with Gasteiger partial charge in [-0.25, -0.2) is 0 Å². The SMILES string of the molecule is c1ccc(N(c2ccc(-c3ccc4c(c3)sc3ccccc34)cc2)c2ccc(-c3cccc4ccccc34)cc2)c(-c2cccc3ccccc23)c1. The summed E-state index contributed by atoms with van der Waals surface area (Å²) in [6.45, 7) is 0. The molecular weight excluding hydrogens is 647 g/mol. The quantitative estimate of drug-likeness (QED) is 0.169. The predicted octanol–water partition coefficient (Wildman–Crippen LogP) is 14.8. The molecule has 1 heterocycles. The maximum Gasteiger partial charge on any atom is 0.0540 e.